The monoisotopic (exact) mass is 293 g/mol. The van der Waals surface area contributed by atoms with E-state index in [1.54, 1.807) is 6.20 Å². The Hall–Kier alpha value is -2.36. The predicted octanol–water partition coefficient (Wildman–Crippen LogP) is 2.54. The van der Waals surface area contributed by atoms with Crippen molar-refractivity contribution < 1.29 is 4.79 Å². The van der Waals surface area contributed by atoms with E-state index in [2.05, 4.69) is 39.5 Å². The van der Waals surface area contributed by atoms with Crippen LogP contribution in [0.25, 0.3) is 0 Å². The van der Waals surface area contributed by atoms with Gasteiger partial charge in [-0.05, 0) is 36.5 Å². The summed E-state index contributed by atoms with van der Waals surface area (Å²) in [5.41, 5.74) is 4.47. The standard InChI is InChI=1S/C18H19N3O/c22-18(20-16-5-6-16)15-9-17(11-19-10-15)21-8-7-13-3-1-2-4-14(13)12-21/h1-4,9-11,16H,5-8,12H2,(H,20,22). The molecular formula is C18H19N3O. The number of anilines is 1. The summed E-state index contributed by atoms with van der Waals surface area (Å²) in [6.07, 6.45) is 6.74. The highest BCUT2D eigenvalue weighted by Gasteiger charge is 2.24. The van der Waals surface area contributed by atoms with Crippen LogP contribution in [-0.2, 0) is 13.0 Å². The first-order valence-corrected chi connectivity index (χ1v) is 7.87. The smallest absolute Gasteiger partial charge is 0.253 e. The molecule has 1 fully saturated rings. The third-order valence-electron chi connectivity index (χ3n) is 4.39. The van der Waals surface area contributed by atoms with Gasteiger partial charge < -0.3 is 10.2 Å². The first-order valence-electron chi connectivity index (χ1n) is 7.87. The van der Waals surface area contributed by atoms with E-state index in [4.69, 9.17) is 0 Å². The molecule has 112 valence electrons. The Morgan fingerprint density at radius 3 is 2.82 bits per heavy atom. The van der Waals surface area contributed by atoms with Crippen LogP contribution in [0.4, 0.5) is 5.69 Å². The fourth-order valence-electron chi connectivity index (χ4n) is 2.94. The van der Waals surface area contributed by atoms with E-state index in [0.29, 0.717) is 11.6 Å². The minimum atomic E-state index is -0.00532. The Morgan fingerprint density at radius 1 is 1.18 bits per heavy atom. The lowest BCUT2D eigenvalue weighted by Gasteiger charge is -2.30. The van der Waals surface area contributed by atoms with Crippen LogP contribution in [0.15, 0.2) is 42.7 Å². The minimum absolute atomic E-state index is 0.00532. The SMILES string of the molecule is O=C(NC1CC1)c1cncc(N2CCc3ccccc3C2)c1. The number of carbonyl (C=O) groups excluding carboxylic acids is 1. The van der Waals surface area contributed by atoms with Crippen molar-refractivity contribution in [1.29, 1.82) is 0 Å². The van der Waals surface area contributed by atoms with Crippen molar-refractivity contribution in [1.82, 2.24) is 10.3 Å². The van der Waals surface area contributed by atoms with Gasteiger partial charge in [0.05, 0.1) is 17.4 Å². The third-order valence-corrected chi connectivity index (χ3v) is 4.39. The molecule has 1 aliphatic heterocycles. The summed E-state index contributed by atoms with van der Waals surface area (Å²) < 4.78 is 0. The Bertz CT molecular complexity index is 709. The van der Waals surface area contributed by atoms with Crippen LogP contribution in [0, 0.1) is 0 Å². The first-order chi connectivity index (χ1) is 10.8. The van der Waals surface area contributed by atoms with E-state index in [9.17, 15) is 4.79 Å². The van der Waals surface area contributed by atoms with Crippen molar-refractivity contribution in [3.05, 3.63) is 59.4 Å². The summed E-state index contributed by atoms with van der Waals surface area (Å²) >= 11 is 0. The van der Waals surface area contributed by atoms with Crippen LogP contribution < -0.4 is 10.2 Å². The molecule has 22 heavy (non-hydrogen) atoms. The van der Waals surface area contributed by atoms with Gasteiger partial charge in [-0.25, -0.2) is 0 Å². The summed E-state index contributed by atoms with van der Waals surface area (Å²) in [6, 6.07) is 10.9. The Labute approximate surface area is 130 Å². The fourth-order valence-corrected chi connectivity index (χ4v) is 2.94. The van der Waals surface area contributed by atoms with Crippen LogP contribution in [-0.4, -0.2) is 23.5 Å². The number of pyridine rings is 1. The molecule has 2 heterocycles. The molecule has 1 saturated carbocycles. The maximum absolute atomic E-state index is 12.2. The molecule has 0 radical (unpaired) electrons. The molecule has 2 aromatic rings. The van der Waals surface area contributed by atoms with E-state index in [0.717, 1.165) is 38.0 Å². The molecule has 0 atom stereocenters. The summed E-state index contributed by atoms with van der Waals surface area (Å²) in [6.45, 7) is 1.85. The van der Waals surface area contributed by atoms with Gasteiger partial charge in [0.1, 0.15) is 0 Å². The zero-order valence-electron chi connectivity index (χ0n) is 12.5. The Kier molecular flexibility index (Phi) is 3.29. The van der Waals surface area contributed by atoms with Gasteiger partial charge in [-0.2, -0.15) is 0 Å². The van der Waals surface area contributed by atoms with Gasteiger partial charge >= 0.3 is 0 Å². The summed E-state index contributed by atoms with van der Waals surface area (Å²) in [5.74, 6) is -0.00532. The van der Waals surface area contributed by atoms with E-state index in [1.165, 1.54) is 11.1 Å². The van der Waals surface area contributed by atoms with E-state index >= 15 is 0 Å². The number of benzene rings is 1. The van der Waals surface area contributed by atoms with Crippen LogP contribution in [0.1, 0.15) is 34.3 Å². The highest BCUT2D eigenvalue weighted by atomic mass is 16.1. The average molecular weight is 293 g/mol. The average Bonchev–Trinajstić information content (AvgIpc) is 3.38. The Balaban J connectivity index is 1.54. The second-order valence-electron chi connectivity index (χ2n) is 6.12. The molecule has 0 saturated heterocycles. The van der Waals surface area contributed by atoms with Gasteiger partial charge in [-0.1, -0.05) is 24.3 Å². The van der Waals surface area contributed by atoms with Gasteiger partial charge in [-0.15, -0.1) is 0 Å². The van der Waals surface area contributed by atoms with Gasteiger partial charge in [0.2, 0.25) is 0 Å². The molecule has 0 spiro atoms. The van der Waals surface area contributed by atoms with Crippen LogP contribution in [0.3, 0.4) is 0 Å². The van der Waals surface area contributed by atoms with Crippen molar-refractivity contribution in [3.8, 4) is 0 Å². The molecule has 1 aromatic heterocycles. The van der Waals surface area contributed by atoms with E-state index in [-0.39, 0.29) is 5.91 Å². The van der Waals surface area contributed by atoms with Gasteiger partial charge in [0, 0.05) is 25.3 Å². The number of hydrogen-bond acceptors (Lipinski definition) is 3. The minimum Gasteiger partial charge on any atom is -0.366 e. The Morgan fingerprint density at radius 2 is 2.00 bits per heavy atom. The second kappa shape index (κ2) is 5.44. The first kappa shape index (κ1) is 13.3. The number of rotatable bonds is 3. The molecule has 2 aliphatic rings. The number of fused-ring (bicyclic) bond motifs is 1. The molecular weight excluding hydrogens is 274 g/mol. The summed E-state index contributed by atoms with van der Waals surface area (Å²) in [4.78, 5) is 18.7. The highest BCUT2D eigenvalue weighted by Crippen LogP contribution is 2.25. The zero-order chi connectivity index (χ0) is 14.9. The van der Waals surface area contributed by atoms with Crippen LogP contribution >= 0.6 is 0 Å². The normalized spacial score (nSPS) is 17.0. The number of aromatic nitrogens is 1. The fraction of sp³-hybridized carbons (Fsp3) is 0.333. The molecule has 1 aromatic carbocycles. The van der Waals surface area contributed by atoms with Crippen LogP contribution in [0.2, 0.25) is 0 Å². The lowest BCUT2D eigenvalue weighted by molar-refractivity contribution is 0.0950. The maximum atomic E-state index is 12.2. The second-order valence-corrected chi connectivity index (χ2v) is 6.12. The quantitative estimate of drug-likeness (QED) is 0.946. The lowest BCUT2D eigenvalue weighted by atomic mass is 9.99. The molecule has 4 rings (SSSR count). The number of amides is 1. The highest BCUT2D eigenvalue weighted by molar-refractivity contribution is 5.95. The molecule has 4 heteroatoms. The number of carbonyl (C=O) groups is 1. The maximum Gasteiger partial charge on any atom is 0.253 e. The van der Waals surface area contributed by atoms with Gasteiger partial charge in [0.15, 0.2) is 0 Å². The van der Waals surface area contributed by atoms with Crippen molar-refractivity contribution in [2.75, 3.05) is 11.4 Å². The summed E-state index contributed by atoms with van der Waals surface area (Å²) in [5, 5.41) is 3.02. The number of nitrogens with zero attached hydrogens (tertiary/aromatic N) is 2. The number of nitrogens with one attached hydrogen (secondary N) is 1. The zero-order valence-corrected chi connectivity index (χ0v) is 12.5. The van der Waals surface area contributed by atoms with E-state index < -0.39 is 0 Å². The molecule has 1 N–H and O–H groups in total. The number of hydrogen-bond donors (Lipinski definition) is 1. The molecule has 4 nitrogen and oxygen atoms in total. The topological polar surface area (TPSA) is 45.2 Å². The molecule has 0 bridgehead atoms. The largest absolute Gasteiger partial charge is 0.366 e. The predicted molar refractivity (Wildman–Crippen MR) is 85.9 cm³/mol. The van der Waals surface area contributed by atoms with Crippen molar-refractivity contribution in [2.24, 2.45) is 0 Å². The van der Waals surface area contributed by atoms with Crippen molar-refractivity contribution in [3.63, 3.8) is 0 Å². The summed E-state index contributed by atoms with van der Waals surface area (Å²) in [7, 11) is 0. The van der Waals surface area contributed by atoms with E-state index in [1.807, 2.05) is 12.3 Å². The molecule has 1 amide bonds. The van der Waals surface area contributed by atoms with Crippen molar-refractivity contribution >= 4 is 11.6 Å². The molecule has 1 aliphatic carbocycles. The third kappa shape index (κ3) is 2.69. The van der Waals surface area contributed by atoms with Gasteiger partial charge in [-0.3, -0.25) is 9.78 Å². The molecule has 0 unspecified atom stereocenters. The van der Waals surface area contributed by atoms with Crippen LogP contribution in [0.5, 0.6) is 0 Å². The van der Waals surface area contributed by atoms with Gasteiger partial charge in [0.25, 0.3) is 5.91 Å². The van der Waals surface area contributed by atoms with Crippen molar-refractivity contribution in [2.45, 2.75) is 31.8 Å². The lowest BCUT2D eigenvalue weighted by Crippen LogP contribution is -2.31.